The van der Waals surface area contributed by atoms with E-state index in [0.717, 1.165) is 11.8 Å². The van der Waals surface area contributed by atoms with Gasteiger partial charge in [-0.05, 0) is 30.3 Å². The average Bonchev–Trinajstić information content (AvgIpc) is 3.16. The number of nitrogens with zero attached hydrogens (tertiary/aromatic N) is 3. The van der Waals surface area contributed by atoms with Crippen LogP contribution in [0.2, 0.25) is 5.02 Å². The Morgan fingerprint density at radius 2 is 1.87 bits per heavy atom. The first-order valence-electron chi connectivity index (χ1n) is 8.51. The minimum atomic E-state index is -4.81. The van der Waals surface area contributed by atoms with E-state index >= 15 is 0 Å². The first-order chi connectivity index (χ1) is 14.2. The number of para-hydroxylation sites is 1. The van der Waals surface area contributed by atoms with Gasteiger partial charge in [-0.3, -0.25) is 4.79 Å². The maximum absolute atomic E-state index is 12.5. The van der Waals surface area contributed by atoms with Gasteiger partial charge in [0.05, 0.1) is 5.75 Å². The van der Waals surface area contributed by atoms with E-state index in [4.69, 9.17) is 16.0 Å². The third-order valence-electron chi connectivity index (χ3n) is 3.85. The Balaban J connectivity index is 1.58. The van der Waals surface area contributed by atoms with Crippen LogP contribution in [0, 0.1) is 0 Å². The van der Waals surface area contributed by atoms with Gasteiger partial charge in [-0.15, -0.1) is 23.4 Å². The van der Waals surface area contributed by atoms with Crippen molar-refractivity contribution in [3.63, 3.8) is 0 Å². The molecule has 0 aliphatic carbocycles. The zero-order valence-electron chi connectivity index (χ0n) is 15.5. The van der Waals surface area contributed by atoms with Crippen LogP contribution < -0.4 is 4.74 Å². The first kappa shape index (κ1) is 22.0. The van der Waals surface area contributed by atoms with E-state index in [0.29, 0.717) is 10.6 Å². The molecule has 1 heterocycles. The van der Waals surface area contributed by atoms with Crippen LogP contribution in [-0.4, -0.2) is 40.2 Å². The smallest absolute Gasteiger partial charge is 0.411 e. The molecule has 0 fully saturated rings. The van der Waals surface area contributed by atoms with Crippen molar-refractivity contribution in [2.24, 2.45) is 0 Å². The molecule has 6 nitrogen and oxygen atoms in total. The van der Waals surface area contributed by atoms with Gasteiger partial charge in [0.2, 0.25) is 11.8 Å². The van der Waals surface area contributed by atoms with E-state index < -0.39 is 6.36 Å². The Morgan fingerprint density at radius 3 is 2.57 bits per heavy atom. The molecule has 0 saturated carbocycles. The van der Waals surface area contributed by atoms with Crippen LogP contribution in [0.15, 0.2) is 58.2 Å². The topological polar surface area (TPSA) is 68.5 Å². The maximum atomic E-state index is 12.5. The number of benzene rings is 2. The Kier molecular flexibility index (Phi) is 6.88. The van der Waals surface area contributed by atoms with Crippen LogP contribution >= 0.6 is 23.4 Å². The summed E-state index contributed by atoms with van der Waals surface area (Å²) < 4.78 is 47.1. The third-order valence-corrected chi connectivity index (χ3v) is 4.90. The number of aromatic nitrogens is 2. The number of carbonyl (C=O) groups excluding carboxylic acids is 1. The number of rotatable bonds is 7. The third kappa shape index (κ3) is 6.14. The van der Waals surface area contributed by atoms with Crippen LogP contribution in [0.25, 0.3) is 11.5 Å². The molecule has 30 heavy (non-hydrogen) atoms. The van der Waals surface area contributed by atoms with Crippen molar-refractivity contribution in [1.29, 1.82) is 0 Å². The zero-order chi connectivity index (χ0) is 21.7. The molecule has 0 atom stereocenters. The van der Waals surface area contributed by atoms with Gasteiger partial charge in [-0.2, -0.15) is 0 Å². The van der Waals surface area contributed by atoms with Crippen LogP contribution in [0.4, 0.5) is 13.2 Å². The quantitative estimate of drug-likeness (QED) is 0.463. The van der Waals surface area contributed by atoms with Gasteiger partial charge in [0.15, 0.2) is 0 Å². The fourth-order valence-corrected chi connectivity index (χ4v) is 3.24. The highest BCUT2D eigenvalue weighted by molar-refractivity contribution is 7.99. The summed E-state index contributed by atoms with van der Waals surface area (Å²) in [6, 6.07) is 12.5. The molecule has 0 radical (unpaired) electrons. The van der Waals surface area contributed by atoms with Crippen molar-refractivity contribution in [3.8, 4) is 17.2 Å². The Labute approximate surface area is 179 Å². The summed E-state index contributed by atoms with van der Waals surface area (Å²) in [7, 11) is 1.49. The van der Waals surface area contributed by atoms with Crippen molar-refractivity contribution in [1.82, 2.24) is 15.1 Å². The Hall–Kier alpha value is -2.72. The van der Waals surface area contributed by atoms with Crippen molar-refractivity contribution in [2.75, 3.05) is 12.8 Å². The van der Waals surface area contributed by atoms with Gasteiger partial charge >= 0.3 is 6.36 Å². The van der Waals surface area contributed by atoms with Crippen LogP contribution in [0.1, 0.15) is 5.56 Å². The van der Waals surface area contributed by atoms with Gasteiger partial charge < -0.3 is 14.1 Å². The molecule has 0 aliphatic rings. The first-order valence-corrected chi connectivity index (χ1v) is 9.87. The second-order valence-electron chi connectivity index (χ2n) is 6.07. The number of hydrogen-bond acceptors (Lipinski definition) is 6. The molecule has 0 bridgehead atoms. The van der Waals surface area contributed by atoms with E-state index in [1.807, 2.05) is 0 Å². The lowest BCUT2D eigenvalue weighted by atomic mass is 10.2. The SMILES string of the molecule is CN(Cc1ccccc1OC(F)(F)F)C(=O)CSc1nnc(-c2ccc(Cl)cc2)o1. The van der Waals surface area contributed by atoms with Gasteiger partial charge in [-0.25, -0.2) is 0 Å². The van der Waals surface area contributed by atoms with E-state index in [-0.39, 0.29) is 40.6 Å². The molecule has 0 spiro atoms. The predicted molar refractivity (Wildman–Crippen MR) is 105 cm³/mol. The minimum absolute atomic E-state index is 0.0267. The average molecular weight is 458 g/mol. The van der Waals surface area contributed by atoms with Gasteiger partial charge in [0.1, 0.15) is 5.75 Å². The van der Waals surface area contributed by atoms with E-state index in [2.05, 4.69) is 14.9 Å². The Bertz CT molecular complexity index is 1010. The molecule has 3 rings (SSSR count). The highest BCUT2D eigenvalue weighted by Gasteiger charge is 2.32. The molecular formula is C19H15ClF3N3O3S. The summed E-state index contributed by atoms with van der Waals surface area (Å²) in [6.07, 6.45) is -4.81. The maximum Gasteiger partial charge on any atom is 0.573 e. The molecule has 0 N–H and O–H groups in total. The van der Waals surface area contributed by atoms with E-state index in [9.17, 15) is 18.0 Å². The Morgan fingerprint density at radius 1 is 1.17 bits per heavy atom. The number of amides is 1. The number of thioether (sulfide) groups is 1. The molecule has 0 aliphatic heterocycles. The summed E-state index contributed by atoms with van der Waals surface area (Å²) in [5.74, 6) is -0.413. The van der Waals surface area contributed by atoms with E-state index in [1.54, 1.807) is 30.3 Å². The number of hydrogen-bond donors (Lipinski definition) is 0. The van der Waals surface area contributed by atoms with Crippen molar-refractivity contribution in [2.45, 2.75) is 18.1 Å². The lowest BCUT2D eigenvalue weighted by molar-refractivity contribution is -0.275. The molecule has 1 amide bonds. The van der Waals surface area contributed by atoms with Crippen LogP contribution in [0.5, 0.6) is 5.75 Å². The van der Waals surface area contributed by atoms with Gasteiger partial charge in [0, 0.05) is 29.7 Å². The summed E-state index contributed by atoms with van der Waals surface area (Å²) in [4.78, 5) is 13.7. The highest BCUT2D eigenvalue weighted by Crippen LogP contribution is 2.28. The molecule has 3 aromatic rings. The van der Waals surface area contributed by atoms with Crippen LogP contribution in [-0.2, 0) is 11.3 Å². The van der Waals surface area contributed by atoms with Crippen molar-refractivity contribution < 1.29 is 27.1 Å². The molecule has 0 unspecified atom stereocenters. The van der Waals surface area contributed by atoms with E-state index in [1.165, 1.54) is 30.1 Å². The largest absolute Gasteiger partial charge is 0.573 e. The predicted octanol–water partition coefficient (Wildman–Crippen LogP) is 5.04. The molecule has 11 heteroatoms. The fourth-order valence-electron chi connectivity index (χ4n) is 2.41. The zero-order valence-corrected chi connectivity index (χ0v) is 17.1. The minimum Gasteiger partial charge on any atom is -0.411 e. The molecule has 0 saturated heterocycles. The van der Waals surface area contributed by atoms with Crippen molar-refractivity contribution in [3.05, 3.63) is 59.1 Å². The second kappa shape index (κ2) is 9.40. The summed E-state index contributed by atoms with van der Waals surface area (Å²) in [6.45, 7) is -0.0501. The summed E-state index contributed by atoms with van der Waals surface area (Å²) in [5.41, 5.74) is 0.918. The monoisotopic (exact) mass is 457 g/mol. The fraction of sp³-hybridized carbons (Fsp3) is 0.211. The number of ether oxygens (including phenoxy) is 1. The number of carbonyl (C=O) groups is 1. The lowest BCUT2D eigenvalue weighted by Gasteiger charge is -2.19. The van der Waals surface area contributed by atoms with Gasteiger partial charge in [0.25, 0.3) is 5.22 Å². The van der Waals surface area contributed by atoms with Gasteiger partial charge in [-0.1, -0.05) is 41.6 Å². The van der Waals surface area contributed by atoms with Crippen molar-refractivity contribution >= 4 is 29.3 Å². The molecule has 1 aromatic heterocycles. The second-order valence-corrected chi connectivity index (χ2v) is 7.44. The normalized spacial score (nSPS) is 11.4. The highest BCUT2D eigenvalue weighted by atomic mass is 35.5. The number of alkyl halides is 3. The number of halogens is 4. The standard InChI is InChI=1S/C19H15ClF3N3O3S/c1-26(10-13-4-2-3-5-15(13)29-19(21,22)23)16(27)11-30-18-25-24-17(28-18)12-6-8-14(20)9-7-12/h2-9H,10-11H2,1H3. The molecule has 2 aromatic carbocycles. The molecule has 158 valence electrons. The molecular weight excluding hydrogens is 443 g/mol. The van der Waals surface area contributed by atoms with Crippen LogP contribution in [0.3, 0.4) is 0 Å². The summed E-state index contributed by atoms with van der Waals surface area (Å²) >= 11 is 6.87. The lowest BCUT2D eigenvalue weighted by Crippen LogP contribution is -2.28. The summed E-state index contributed by atoms with van der Waals surface area (Å²) in [5, 5.41) is 8.58.